The van der Waals surface area contributed by atoms with Gasteiger partial charge in [-0.1, -0.05) is 32.9 Å². The van der Waals surface area contributed by atoms with Gasteiger partial charge in [0.25, 0.3) is 0 Å². The van der Waals surface area contributed by atoms with Gasteiger partial charge in [-0.3, -0.25) is 0 Å². The van der Waals surface area contributed by atoms with Crippen LogP contribution in [0.3, 0.4) is 0 Å². The van der Waals surface area contributed by atoms with Crippen molar-refractivity contribution >= 4 is 17.9 Å². The summed E-state index contributed by atoms with van der Waals surface area (Å²) >= 11 is 0. The first-order valence-corrected chi connectivity index (χ1v) is 14.2. The Labute approximate surface area is 250 Å². The van der Waals surface area contributed by atoms with Crippen LogP contribution >= 0.6 is 0 Å². The van der Waals surface area contributed by atoms with Crippen LogP contribution in [0.4, 0.5) is 0 Å². The normalized spacial score (nSPS) is 11.3. The molecule has 0 fully saturated rings. The van der Waals surface area contributed by atoms with Crippen molar-refractivity contribution in [3.63, 3.8) is 0 Å². The maximum atomic E-state index is 11.2. The molecule has 1 atom stereocenters. The zero-order chi connectivity index (χ0) is 31.3. The van der Waals surface area contributed by atoms with Crippen molar-refractivity contribution in [1.29, 1.82) is 0 Å². The van der Waals surface area contributed by atoms with E-state index in [0.29, 0.717) is 83.7 Å². The first-order valence-electron chi connectivity index (χ1n) is 14.2. The first-order chi connectivity index (χ1) is 20.4. The maximum absolute atomic E-state index is 11.2. The Balaban J connectivity index is 4.99. The van der Waals surface area contributed by atoms with Gasteiger partial charge in [0, 0.05) is 18.2 Å². The average molecular weight is 597 g/mol. The average Bonchev–Trinajstić information content (AvgIpc) is 3.00. The van der Waals surface area contributed by atoms with E-state index in [0.717, 1.165) is 24.6 Å². The Bertz CT molecular complexity index is 679. The van der Waals surface area contributed by atoms with Crippen LogP contribution in [0.25, 0.3) is 0 Å². The molecule has 238 valence electrons. The molecule has 0 aromatic heterocycles. The van der Waals surface area contributed by atoms with Crippen molar-refractivity contribution < 1.29 is 52.3 Å². The second kappa shape index (κ2) is 27.9. The first kappa shape index (κ1) is 38.8. The molecule has 0 radical (unpaired) electrons. The lowest BCUT2D eigenvalue weighted by Crippen LogP contribution is -2.37. The molecule has 0 saturated heterocycles. The van der Waals surface area contributed by atoms with E-state index < -0.39 is 30.5 Å². The van der Waals surface area contributed by atoms with Crippen LogP contribution in [0.5, 0.6) is 0 Å². The molecule has 11 nitrogen and oxygen atoms in total. The van der Waals surface area contributed by atoms with E-state index >= 15 is 0 Å². The van der Waals surface area contributed by atoms with Crippen molar-refractivity contribution in [1.82, 2.24) is 0 Å². The molecule has 0 aliphatic carbocycles. The minimum Gasteiger partial charge on any atom is -0.494 e. The van der Waals surface area contributed by atoms with Crippen molar-refractivity contribution in [3.05, 3.63) is 63.0 Å². The molecule has 0 amide bonds. The third-order valence-corrected chi connectivity index (χ3v) is 5.25. The largest absolute Gasteiger partial charge is 0.494 e. The van der Waals surface area contributed by atoms with Gasteiger partial charge in [0.05, 0.1) is 52.9 Å². The lowest BCUT2D eigenvalue weighted by molar-refractivity contribution is -0.287. The van der Waals surface area contributed by atoms with E-state index in [4.69, 9.17) is 37.9 Å². The smallest absolute Gasteiger partial charge is 0.330 e. The Morgan fingerprint density at radius 3 is 0.952 bits per heavy atom. The predicted octanol–water partition coefficient (Wildman–Crippen LogP) is 4.73. The Hall–Kier alpha value is -3.25. The summed E-state index contributed by atoms with van der Waals surface area (Å²) in [6.45, 7) is 20.0. The van der Waals surface area contributed by atoms with Crippen molar-refractivity contribution in [3.8, 4) is 0 Å². The summed E-state index contributed by atoms with van der Waals surface area (Å²) in [6.07, 6.45) is 8.23. The van der Waals surface area contributed by atoms with E-state index in [2.05, 4.69) is 32.9 Å². The minimum atomic E-state index is -0.841. The molecule has 11 heteroatoms. The van der Waals surface area contributed by atoms with Crippen molar-refractivity contribution in [2.75, 3.05) is 52.9 Å². The Morgan fingerprint density at radius 1 is 0.429 bits per heavy atom. The molecule has 0 spiro atoms. The number of rotatable bonds is 30. The number of carbonyl (C=O) groups is 3. The van der Waals surface area contributed by atoms with E-state index in [9.17, 15) is 14.4 Å². The lowest BCUT2D eigenvalue weighted by atomic mass is 10.3. The van der Waals surface area contributed by atoms with Gasteiger partial charge in [-0.25, -0.2) is 14.4 Å². The Morgan fingerprint density at radius 2 is 0.690 bits per heavy atom. The molecule has 0 aromatic rings. The van der Waals surface area contributed by atoms with Gasteiger partial charge in [0.1, 0.15) is 5.76 Å². The molecular formula is C31H48O11. The number of ether oxygens (including phenoxy) is 8. The van der Waals surface area contributed by atoms with Crippen LogP contribution in [0.1, 0.15) is 51.4 Å². The monoisotopic (exact) mass is 596 g/mol. The molecule has 1 unspecified atom stereocenters. The van der Waals surface area contributed by atoms with Crippen LogP contribution in [0.2, 0.25) is 0 Å². The molecule has 0 N–H and O–H groups in total. The molecule has 0 aromatic carbocycles. The van der Waals surface area contributed by atoms with Crippen LogP contribution in [-0.2, 0) is 52.3 Å². The third-order valence-electron chi connectivity index (χ3n) is 5.25. The maximum Gasteiger partial charge on any atom is 0.330 e. The molecule has 0 aliphatic heterocycles. The van der Waals surface area contributed by atoms with E-state index in [1.165, 1.54) is 0 Å². The van der Waals surface area contributed by atoms with Gasteiger partial charge in [-0.05, 0) is 57.4 Å². The molecular weight excluding hydrogens is 548 g/mol. The van der Waals surface area contributed by atoms with E-state index in [-0.39, 0.29) is 19.8 Å². The van der Waals surface area contributed by atoms with E-state index in [1.807, 2.05) is 0 Å². The van der Waals surface area contributed by atoms with Gasteiger partial charge in [0.2, 0.25) is 12.6 Å². The van der Waals surface area contributed by atoms with Gasteiger partial charge < -0.3 is 37.9 Å². The standard InChI is InChI=1S/C31H48O11/c1-6-26(5)35-18-10-14-22-39-30(40-23-15-11-19-36-27(32)7-2)31(41-24-16-12-20-37-28(33)8-3)42-25-17-13-21-38-29(34)9-4/h6-9,30-31H,1-5,10-25H2. The number of esters is 3. The molecule has 42 heavy (non-hydrogen) atoms. The van der Waals surface area contributed by atoms with Gasteiger partial charge >= 0.3 is 17.9 Å². The number of allylic oxidation sites excluding steroid dienone is 1. The summed E-state index contributed by atoms with van der Waals surface area (Å²) in [7, 11) is 0. The predicted molar refractivity (Wildman–Crippen MR) is 157 cm³/mol. The van der Waals surface area contributed by atoms with E-state index in [1.54, 1.807) is 6.08 Å². The summed E-state index contributed by atoms with van der Waals surface area (Å²) in [5, 5.41) is 0. The van der Waals surface area contributed by atoms with Crippen LogP contribution in [0, 0.1) is 0 Å². The molecule has 0 saturated carbocycles. The topological polar surface area (TPSA) is 125 Å². The van der Waals surface area contributed by atoms with Crippen LogP contribution < -0.4 is 0 Å². The number of hydrogen-bond acceptors (Lipinski definition) is 11. The van der Waals surface area contributed by atoms with Crippen LogP contribution in [0.15, 0.2) is 63.0 Å². The van der Waals surface area contributed by atoms with Crippen molar-refractivity contribution in [2.24, 2.45) is 0 Å². The fourth-order valence-electron chi connectivity index (χ4n) is 2.98. The van der Waals surface area contributed by atoms with Gasteiger partial charge in [0.15, 0.2) is 0 Å². The molecule has 0 aliphatic rings. The van der Waals surface area contributed by atoms with Crippen LogP contribution in [-0.4, -0.2) is 83.3 Å². The highest BCUT2D eigenvalue weighted by molar-refractivity contribution is 5.81. The number of hydrogen-bond donors (Lipinski definition) is 0. The summed E-state index contributed by atoms with van der Waals surface area (Å²) in [5.74, 6) is -0.915. The van der Waals surface area contributed by atoms with Gasteiger partial charge in [-0.2, -0.15) is 0 Å². The zero-order valence-corrected chi connectivity index (χ0v) is 24.8. The minimum absolute atomic E-state index is 0.246. The summed E-state index contributed by atoms with van der Waals surface area (Å²) in [6, 6.07) is 0. The Kier molecular flexibility index (Phi) is 25.7. The highest BCUT2D eigenvalue weighted by Gasteiger charge is 2.25. The number of carbonyl (C=O) groups excluding carboxylic acids is 3. The molecule has 0 bridgehead atoms. The number of unbranched alkanes of at least 4 members (excludes halogenated alkanes) is 4. The fraction of sp³-hybridized carbons (Fsp3) is 0.581. The second-order valence-corrected chi connectivity index (χ2v) is 8.68. The van der Waals surface area contributed by atoms with Crippen molar-refractivity contribution in [2.45, 2.75) is 63.9 Å². The summed E-state index contributed by atoms with van der Waals surface area (Å²) < 4.78 is 44.4. The summed E-state index contributed by atoms with van der Waals surface area (Å²) in [4.78, 5) is 33.7. The zero-order valence-electron chi connectivity index (χ0n) is 24.8. The SMILES string of the molecule is C=CC(=C)OCCCCOC(OCCCCOC(=O)C=C)C(OCCCCOC(=O)C=C)OCCCCOC(=O)C=C. The highest BCUT2D eigenvalue weighted by Crippen LogP contribution is 2.13. The second-order valence-electron chi connectivity index (χ2n) is 8.68. The molecule has 0 heterocycles. The fourth-order valence-corrected chi connectivity index (χ4v) is 2.98. The third kappa shape index (κ3) is 23.5. The van der Waals surface area contributed by atoms with Gasteiger partial charge in [-0.15, -0.1) is 0 Å². The summed E-state index contributed by atoms with van der Waals surface area (Å²) in [5.41, 5.74) is 0. The molecule has 0 rings (SSSR count). The lowest BCUT2D eigenvalue weighted by Gasteiger charge is -2.28. The quantitative estimate of drug-likeness (QED) is 0.0217. The highest BCUT2D eigenvalue weighted by atomic mass is 16.8.